The molecule has 1 aliphatic heterocycles. The van der Waals surface area contributed by atoms with Gasteiger partial charge in [-0.3, -0.25) is 0 Å². The molecule has 0 atom stereocenters. The first-order chi connectivity index (χ1) is 16.5. The maximum absolute atomic E-state index is 13.4. The largest absolute Gasteiger partial charge is 0.369 e. The van der Waals surface area contributed by atoms with Crippen molar-refractivity contribution in [1.29, 1.82) is 5.26 Å². The van der Waals surface area contributed by atoms with Gasteiger partial charge in [0.2, 0.25) is 0 Å². The lowest BCUT2D eigenvalue weighted by Crippen LogP contribution is -2.43. The molecule has 3 aromatic heterocycles. The van der Waals surface area contributed by atoms with E-state index in [2.05, 4.69) is 42.3 Å². The predicted octanol–water partition coefficient (Wildman–Crippen LogP) is 4.52. The Morgan fingerprint density at radius 3 is 2.62 bits per heavy atom. The van der Waals surface area contributed by atoms with E-state index in [1.54, 1.807) is 12.1 Å². The van der Waals surface area contributed by atoms with E-state index in [-0.39, 0.29) is 5.82 Å². The summed E-state index contributed by atoms with van der Waals surface area (Å²) in [5.41, 5.74) is 6.54. The van der Waals surface area contributed by atoms with E-state index in [1.165, 1.54) is 29.2 Å². The first-order valence-corrected chi connectivity index (χ1v) is 12.2. The summed E-state index contributed by atoms with van der Waals surface area (Å²) in [6, 6.07) is 12.7. The molecular weight excluding hydrogens is 449 g/mol. The Balaban J connectivity index is 1.61. The van der Waals surface area contributed by atoms with Gasteiger partial charge in [0.05, 0.1) is 16.9 Å². The second-order valence-corrected chi connectivity index (χ2v) is 9.37. The summed E-state index contributed by atoms with van der Waals surface area (Å²) >= 11 is 1.33. The number of aromatic nitrogens is 3. The first kappa shape index (κ1) is 22.3. The van der Waals surface area contributed by atoms with Gasteiger partial charge in [0.25, 0.3) is 0 Å². The Kier molecular flexibility index (Phi) is 5.94. The Morgan fingerprint density at radius 2 is 1.94 bits per heavy atom. The monoisotopic (exact) mass is 475 g/mol. The van der Waals surface area contributed by atoms with Crippen LogP contribution < -0.4 is 15.1 Å². The lowest BCUT2D eigenvalue weighted by molar-refractivity contribution is 0.589. The summed E-state index contributed by atoms with van der Waals surface area (Å²) in [7, 11) is 1.97. The van der Waals surface area contributed by atoms with Gasteiger partial charge in [-0.1, -0.05) is 18.3 Å². The van der Waals surface area contributed by atoms with Crippen LogP contribution in [0.4, 0.5) is 20.9 Å². The van der Waals surface area contributed by atoms with Crippen molar-refractivity contribution >= 4 is 33.4 Å². The van der Waals surface area contributed by atoms with E-state index in [9.17, 15) is 9.65 Å². The van der Waals surface area contributed by atoms with Crippen LogP contribution in [-0.4, -0.2) is 47.8 Å². The minimum Gasteiger partial charge on any atom is -0.369 e. The lowest BCUT2D eigenvalue weighted by atomic mass is 10.1. The molecule has 5 rings (SSSR count). The summed E-state index contributed by atoms with van der Waals surface area (Å²) in [4.78, 5) is 9.73. The van der Waals surface area contributed by atoms with Crippen LogP contribution in [0.3, 0.4) is 0 Å². The summed E-state index contributed by atoms with van der Waals surface area (Å²) in [6.45, 7) is 8.05. The number of anilines is 3. The summed E-state index contributed by atoms with van der Waals surface area (Å²) in [5.74, 6) is -0.315. The number of hydrogen-bond donors (Lipinski definition) is 1. The highest BCUT2D eigenvalue weighted by Crippen LogP contribution is 2.39. The van der Waals surface area contributed by atoms with Gasteiger partial charge in [0.15, 0.2) is 5.13 Å². The molecule has 0 aliphatic carbocycles. The third-order valence-electron chi connectivity index (χ3n) is 6.21. The van der Waals surface area contributed by atoms with Crippen molar-refractivity contribution in [3.8, 4) is 17.3 Å². The molecule has 0 radical (unpaired) electrons. The van der Waals surface area contributed by atoms with Crippen LogP contribution in [0.15, 0.2) is 36.4 Å². The smallest absolute Gasteiger partial charge is 0.191 e. The van der Waals surface area contributed by atoms with Crippen molar-refractivity contribution in [2.45, 2.75) is 20.3 Å². The number of thiazole rings is 1. The van der Waals surface area contributed by atoms with Crippen molar-refractivity contribution in [3.05, 3.63) is 58.5 Å². The minimum absolute atomic E-state index is 0.315. The molecule has 0 bridgehead atoms. The van der Waals surface area contributed by atoms with E-state index >= 15 is 0 Å². The van der Waals surface area contributed by atoms with Crippen LogP contribution in [0, 0.1) is 24.1 Å². The molecule has 0 unspecified atom stereocenters. The standard InChI is InChI=1S/C25H26FN7S/c1-4-20-24(21-14-19(13-16(2)33(21)30-20)32-11-9-28-10-12-32)31(3)25-29-23(22(15-27)34-25)17-5-7-18(26)8-6-17/h5-8,13-14,28H,4,9-12H2,1-3H3. The quantitative estimate of drug-likeness (QED) is 0.458. The van der Waals surface area contributed by atoms with Crippen LogP contribution in [0.25, 0.3) is 16.8 Å². The van der Waals surface area contributed by atoms with Gasteiger partial charge in [-0.2, -0.15) is 10.4 Å². The number of pyridine rings is 1. The van der Waals surface area contributed by atoms with Crippen LogP contribution in [-0.2, 0) is 6.42 Å². The zero-order valence-corrected chi connectivity index (χ0v) is 20.3. The molecule has 1 N–H and O–H groups in total. The normalized spacial score (nSPS) is 13.9. The first-order valence-electron chi connectivity index (χ1n) is 11.4. The number of hydrogen-bond acceptors (Lipinski definition) is 7. The number of nitrogens with one attached hydrogen (secondary N) is 1. The summed E-state index contributed by atoms with van der Waals surface area (Å²) in [5, 5.41) is 18.8. The van der Waals surface area contributed by atoms with Crippen LogP contribution in [0.5, 0.6) is 0 Å². The molecular formula is C25H26FN7S. The number of rotatable bonds is 5. The van der Waals surface area contributed by atoms with Crippen molar-refractivity contribution in [2.24, 2.45) is 0 Å². The highest BCUT2D eigenvalue weighted by Gasteiger charge is 2.23. The maximum atomic E-state index is 13.4. The SMILES string of the molecule is CCc1nn2c(C)cc(N3CCNCC3)cc2c1N(C)c1nc(-c2ccc(F)cc2)c(C#N)s1. The molecule has 0 spiro atoms. The van der Waals surface area contributed by atoms with Crippen molar-refractivity contribution in [2.75, 3.05) is 43.0 Å². The van der Waals surface area contributed by atoms with Gasteiger partial charge in [0, 0.05) is 50.2 Å². The molecule has 7 nitrogen and oxygen atoms in total. The highest BCUT2D eigenvalue weighted by atomic mass is 32.1. The summed E-state index contributed by atoms with van der Waals surface area (Å²) < 4.78 is 15.4. The predicted molar refractivity (Wildman–Crippen MR) is 135 cm³/mol. The van der Waals surface area contributed by atoms with E-state index in [4.69, 9.17) is 10.1 Å². The Bertz CT molecular complexity index is 1380. The Labute approximate surface area is 202 Å². The number of piperazine rings is 1. The van der Waals surface area contributed by atoms with Crippen molar-refractivity contribution in [3.63, 3.8) is 0 Å². The van der Waals surface area contributed by atoms with Gasteiger partial charge in [-0.05, 0) is 49.7 Å². The molecule has 1 aliphatic rings. The van der Waals surface area contributed by atoms with Crippen molar-refractivity contribution < 1.29 is 4.39 Å². The average Bonchev–Trinajstić information content (AvgIpc) is 3.46. The molecule has 4 aromatic rings. The van der Waals surface area contributed by atoms with Crippen LogP contribution in [0.1, 0.15) is 23.2 Å². The number of fused-ring (bicyclic) bond motifs is 1. The topological polar surface area (TPSA) is 72.5 Å². The van der Waals surface area contributed by atoms with Gasteiger partial charge >= 0.3 is 0 Å². The summed E-state index contributed by atoms with van der Waals surface area (Å²) in [6.07, 6.45) is 0.769. The number of benzene rings is 1. The van der Waals surface area contributed by atoms with E-state index < -0.39 is 0 Å². The fourth-order valence-electron chi connectivity index (χ4n) is 4.46. The van der Waals surface area contributed by atoms with E-state index in [0.717, 1.165) is 60.8 Å². The molecule has 34 heavy (non-hydrogen) atoms. The number of halogens is 1. The van der Waals surface area contributed by atoms with Crippen LogP contribution >= 0.6 is 11.3 Å². The third-order valence-corrected chi connectivity index (χ3v) is 7.25. The second-order valence-electron chi connectivity index (χ2n) is 8.39. The number of aryl methyl sites for hydroxylation is 2. The van der Waals surface area contributed by atoms with E-state index in [1.807, 2.05) is 16.5 Å². The maximum Gasteiger partial charge on any atom is 0.191 e. The average molecular weight is 476 g/mol. The van der Waals surface area contributed by atoms with Gasteiger partial charge in [0.1, 0.15) is 22.5 Å². The van der Waals surface area contributed by atoms with Gasteiger partial charge in [-0.25, -0.2) is 13.9 Å². The minimum atomic E-state index is -0.315. The molecule has 9 heteroatoms. The molecule has 4 heterocycles. The Hall–Kier alpha value is -3.48. The second kappa shape index (κ2) is 9.05. The molecule has 0 amide bonds. The fourth-order valence-corrected chi connectivity index (χ4v) is 5.32. The van der Waals surface area contributed by atoms with E-state index in [0.29, 0.717) is 15.7 Å². The molecule has 174 valence electrons. The fraction of sp³-hybridized carbons (Fsp3) is 0.320. The van der Waals surface area contributed by atoms with Gasteiger partial charge in [-0.15, -0.1) is 0 Å². The zero-order valence-electron chi connectivity index (χ0n) is 19.5. The molecule has 1 fully saturated rings. The van der Waals surface area contributed by atoms with Crippen molar-refractivity contribution in [1.82, 2.24) is 19.9 Å². The van der Waals surface area contributed by atoms with Crippen LogP contribution in [0.2, 0.25) is 0 Å². The zero-order chi connectivity index (χ0) is 23.8. The Morgan fingerprint density at radius 1 is 1.21 bits per heavy atom. The highest BCUT2D eigenvalue weighted by molar-refractivity contribution is 7.16. The molecule has 1 saturated heterocycles. The lowest BCUT2D eigenvalue weighted by Gasteiger charge is -2.30. The molecule has 1 aromatic carbocycles. The number of nitrogens with zero attached hydrogens (tertiary/aromatic N) is 6. The van der Waals surface area contributed by atoms with Gasteiger partial charge < -0.3 is 15.1 Å². The molecule has 0 saturated carbocycles. The third kappa shape index (κ3) is 3.89. The number of nitriles is 1.